The van der Waals surface area contributed by atoms with Crippen LogP contribution < -0.4 is 5.32 Å². The molecule has 2 aromatic rings. The Bertz CT molecular complexity index is 883. The van der Waals surface area contributed by atoms with Crippen molar-refractivity contribution in [1.29, 1.82) is 0 Å². The molecule has 1 N–H and O–H groups in total. The SMILES string of the molecule is O=C(CSc1ccc(F)c(F)c1)N1CCCN(C(=O)Nc2ccc(Cl)cc2)CC1. The Morgan fingerprint density at radius 1 is 0.966 bits per heavy atom. The van der Waals surface area contributed by atoms with Crippen LogP contribution in [-0.4, -0.2) is 53.7 Å². The third kappa shape index (κ3) is 6.08. The average molecular weight is 440 g/mol. The number of carbonyl (C=O) groups is 2. The van der Waals surface area contributed by atoms with Gasteiger partial charge in [0, 0.05) is 41.8 Å². The van der Waals surface area contributed by atoms with Gasteiger partial charge in [-0.25, -0.2) is 13.6 Å². The van der Waals surface area contributed by atoms with Crippen molar-refractivity contribution < 1.29 is 18.4 Å². The molecule has 154 valence electrons. The van der Waals surface area contributed by atoms with E-state index in [2.05, 4.69) is 5.32 Å². The molecular weight excluding hydrogens is 420 g/mol. The van der Waals surface area contributed by atoms with Crippen LogP contribution in [0.25, 0.3) is 0 Å². The van der Waals surface area contributed by atoms with Crippen LogP contribution in [0.5, 0.6) is 0 Å². The summed E-state index contributed by atoms with van der Waals surface area (Å²) in [6.07, 6.45) is 0.662. The highest BCUT2D eigenvalue weighted by Crippen LogP contribution is 2.21. The zero-order chi connectivity index (χ0) is 20.8. The topological polar surface area (TPSA) is 52.7 Å². The third-order valence-electron chi connectivity index (χ3n) is 4.48. The van der Waals surface area contributed by atoms with E-state index in [1.807, 2.05) is 0 Å². The van der Waals surface area contributed by atoms with Gasteiger partial charge in [0.15, 0.2) is 11.6 Å². The Kier molecular flexibility index (Phi) is 7.33. The van der Waals surface area contributed by atoms with Gasteiger partial charge < -0.3 is 15.1 Å². The van der Waals surface area contributed by atoms with E-state index in [0.29, 0.717) is 48.2 Å². The van der Waals surface area contributed by atoms with Gasteiger partial charge in [-0.3, -0.25) is 4.79 Å². The van der Waals surface area contributed by atoms with Crippen molar-refractivity contribution in [3.05, 3.63) is 59.1 Å². The average Bonchev–Trinajstić information content (AvgIpc) is 2.97. The minimum absolute atomic E-state index is 0.0975. The van der Waals surface area contributed by atoms with Gasteiger partial charge in [-0.15, -0.1) is 11.8 Å². The number of urea groups is 1. The maximum absolute atomic E-state index is 13.3. The second-order valence-electron chi connectivity index (χ2n) is 6.52. The first-order chi connectivity index (χ1) is 13.9. The normalized spacial score (nSPS) is 14.4. The number of nitrogens with one attached hydrogen (secondary N) is 1. The molecule has 3 rings (SSSR count). The standard InChI is InChI=1S/C20H20ClF2N3O2S/c21-14-2-4-15(5-3-14)24-20(28)26-9-1-8-25(10-11-26)19(27)13-29-16-6-7-17(22)18(23)12-16/h2-7,12H,1,8-11,13H2,(H,24,28). The zero-order valence-electron chi connectivity index (χ0n) is 15.5. The molecule has 1 aliphatic heterocycles. The highest BCUT2D eigenvalue weighted by atomic mass is 35.5. The van der Waals surface area contributed by atoms with E-state index in [0.717, 1.165) is 23.9 Å². The number of rotatable bonds is 4. The van der Waals surface area contributed by atoms with Gasteiger partial charge in [0.2, 0.25) is 5.91 Å². The third-order valence-corrected chi connectivity index (χ3v) is 5.72. The fourth-order valence-electron chi connectivity index (χ4n) is 2.91. The van der Waals surface area contributed by atoms with Crippen molar-refractivity contribution in [2.45, 2.75) is 11.3 Å². The molecule has 0 aromatic heterocycles. The van der Waals surface area contributed by atoms with Crippen LogP contribution in [0, 0.1) is 11.6 Å². The predicted molar refractivity (Wildman–Crippen MR) is 110 cm³/mol. The molecule has 9 heteroatoms. The summed E-state index contributed by atoms with van der Waals surface area (Å²) >= 11 is 7.01. The largest absolute Gasteiger partial charge is 0.340 e. The van der Waals surface area contributed by atoms with Crippen LogP contribution in [-0.2, 0) is 4.79 Å². The maximum atomic E-state index is 13.3. The van der Waals surface area contributed by atoms with Crippen LogP contribution in [0.15, 0.2) is 47.4 Å². The molecule has 1 saturated heterocycles. The molecule has 0 unspecified atom stereocenters. The Labute approximate surface area is 177 Å². The number of hydrogen-bond acceptors (Lipinski definition) is 3. The number of benzene rings is 2. The van der Waals surface area contributed by atoms with Crippen LogP contribution in [0.3, 0.4) is 0 Å². The molecule has 1 heterocycles. The molecule has 0 radical (unpaired) electrons. The lowest BCUT2D eigenvalue weighted by Crippen LogP contribution is -2.39. The lowest BCUT2D eigenvalue weighted by atomic mass is 10.3. The molecule has 3 amide bonds. The summed E-state index contributed by atoms with van der Waals surface area (Å²) in [6.45, 7) is 1.92. The molecule has 0 saturated carbocycles. The number of amides is 3. The number of halogens is 3. The minimum Gasteiger partial charge on any atom is -0.340 e. The highest BCUT2D eigenvalue weighted by molar-refractivity contribution is 8.00. The Hall–Kier alpha value is -2.32. The van der Waals surface area contributed by atoms with Crippen molar-refractivity contribution in [3.63, 3.8) is 0 Å². The highest BCUT2D eigenvalue weighted by Gasteiger charge is 2.22. The van der Waals surface area contributed by atoms with Gasteiger partial charge in [0.25, 0.3) is 0 Å². The number of nitrogens with zero attached hydrogens (tertiary/aromatic N) is 2. The Morgan fingerprint density at radius 3 is 2.38 bits per heavy atom. The molecule has 0 aliphatic carbocycles. The molecule has 1 aliphatic rings. The van der Waals surface area contributed by atoms with E-state index in [1.54, 1.807) is 34.1 Å². The van der Waals surface area contributed by atoms with Crippen molar-refractivity contribution >= 4 is 41.0 Å². The molecule has 29 heavy (non-hydrogen) atoms. The fraction of sp³-hybridized carbons (Fsp3) is 0.300. The number of hydrogen-bond donors (Lipinski definition) is 1. The van der Waals surface area contributed by atoms with E-state index >= 15 is 0 Å². The lowest BCUT2D eigenvalue weighted by molar-refractivity contribution is -0.128. The molecule has 0 spiro atoms. The summed E-state index contributed by atoms with van der Waals surface area (Å²) in [5.41, 5.74) is 0.652. The van der Waals surface area contributed by atoms with Crippen LogP contribution in [0.2, 0.25) is 5.02 Å². The van der Waals surface area contributed by atoms with Gasteiger partial charge in [-0.1, -0.05) is 11.6 Å². The number of anilines is 1. The van der Waals surface area contributed by atoms with Crippen LogP contribution in [0.4, 0.5) is 19.3 Å². The molecule has 1 fully saturated rings. The van der Waals surface area contributed by atoms with Crippen LogP contribution in [0.1, 0.15) is 6.42 Å². The van der Waals surface area contributed by atoms with Gasteiger partial charge in [0.05, 0.1) is 5.75 Å². The lowest BCUT2D eigenvalue weighted by Gasteiger charge is -2.22. The second kappa shape index (κ2) is 9.93. The summed E-state index contributed by atoms with van der Waals surface area (Å²) < 4.78 is 26.3. The van der Waals surface area contributed by atoms with E-state index < -0.39 is 11.6 Å². The minimum atomic E-state index is -0.931. The molecule has 0 atom stereocenters. The number of carbonyl (C=O) groups excluding carboxylic acids is 2. The smallest absolute Gasteiger partial charge is 0.321 e. The summed E-state index contributed by atoms with van der Waals surface area (Å²) in [4.78, 5) is 28.8. The van der Waals surface area contributed by atoms with Crippen molar-refractivity contribution in [2.75, 3.05) is 37.2 Å². The predicted octanol–water partition coefficient (Wildman–Crippen LogP) is 4.48. The zero-order valence-corrected chi connectivity index (χ0v) is 17.1. The summed E-state index contributed by atoms with van der Waals surface area (Å²) in [6, 6.07) is 10.2. The molecule has 5 nitrogen and oxygen atoms in total. The van der Waals surface area contributed by atoms with E-state index in [1.165, 1.54) is 6.07 Å². The first kappa shape index (κ1) is 21.4. The quantitative estimate of drug-likeness (QED) is 0.715. The van der Waals surface area contributed by atoms with Crippen molar-refractivity contribution in [1.82, 2.24) is 9.80 Å². The monoisotopic (exact) mass is 439 g/mol. The Balaban J connectivity index is 1.49. The Morgan fingerprint density at radius 2 is 1.66 bits per heavy atom. The summed E-state index contributed by atoms with van der Waals surface area (Å²) in [5.74, 6) is -1.81. The molecule has 2 aromatic carbocycles. The maximum Gasteiger partial charge on any atom is 0.321 e. The van der Waals surface area contributed by atoms with E-state index in [4.69, 9.17) is 11.6 Å². The molecular formula is C20H20ClF2N3O2S. The molecule has 0 bridgehead atoms. The first-order valence-corrected chi connectivity index (χ1v) is 10.5. The van der Waals surface area contributed by atoms with Crippen molar-refractivity contribution in [3.8, 4) is 0 Å². The fourth-order valence-corrected chi connectivity index (χ4v) is 3.86. The van der Waals surface area contributed by atoms with E-state index in [9.17, 15) is 18.4 Å². The first-order valence-electron chi connectivity index (χ1n) is 9.09. The number of thioether (sulfide) groups is 1. The van der Waals surface area contributed by atoms with Crippen LogP contribution >= 0.6 is 23.4 Å². The second-order valence-corrected chi connectivity index (χ2v) is 8.01. The van der Waals surface area contributed by atoms with Crippen molar-refractivity contribution in [2.24, 2.45) is 0 Å². The summed E-state index contributed by atoms with van der Waals surface area (Å²) in [7, 11) is 0. The van der Waals surface area contributed by atoms with Gasteiger partial charge >= 0.3 is 6.03 Å². The van der Waals surface area contributed by atoms with E-state index in [-0.39, 0.29) is 17.7 Å². The summed E-state index contributed by atoms with van der Waals surface area (Å²) in [5, 5.41) is 3.41. The van der Waals surface area contributed by atoms with Gasteiger partial charge in [-0.2, -0.15) is 0 Å². The van der Waals surface area contributed by atoms with Gasteiger partial charge in [-0.05, 0) is 48.9 Å². The van der Waals surface area contributed by atoms with Gasteiger partial charge in [0.1, 0.15) is 0 Å².